The van der Waals surface area contributed by atoms with Gasteiger partial charge >= 0.3 is 0 Å². The largest absolute Gasteiger partial charge is 0.193 e. The Bertz CT molecular complexity index is 475. The Kier molecular flexibility index (Phi) is 3.10. The van der Waals surface area contributed by atoms with Crippen LogP contribution in [-0.4, -0.2) is 0 Å². The molecule has 0 unspecified atom stereocenters. The molecular formula is C15H17N. The molecule has 0 saturated carbocycles. The Morgan fingerprint density at radius 3 is 2.88 bits per heavy atom. The number of hydrogen-bond donors (Lipinski definition) is 0. The first kappa shape index (κ1) is 11.0. The summed E-state index contributed by atoms with van der Waals surface area (Å²) >= 11 is 0. The van der Waals surface area contributed by atoms with Crippen molar-refractivity contribution in [2.45, 2.75) is 39.5 Å². The average molecular weight is 211 g/mol. The maximum atomic E-state index is 8.82. The van der Waals surface area contributed by atoms with Gasteiger partial charge in [0.05, 0.1) is 6.07 Å². The minimum Gasteiger partial charge on any atom is -0.193 e. The molecule has 1 nitrogen and oxygen atoms in total. The molecule has 16 heavy (non-hydrogen) atoms. The Labute approximate surface area is 97.4 Å². The van der Waals surface area contributed by atoms with Gasteiger partial charge in [0, 0.05) is 6.08 Å². The zero-order chi connectivity index (χ0) is 11.5. The van der Waals surface area contributed by atoms with Crippen molar-refractivity contribution in [3.8, 4) is 6.07 Å². The molecule has 82 valence electrons. The molecule has 2 rings (SSSR count). The topological polar surface area (TPSA) is 23.8 Å². The zero-order valence-electron chi connectivity index (χ0n) is 10.0. The number of fused-ring (bicyclic) bond motifs is 1. The lowest BCUT2D eigenvalue weighted by Crippen LogP contribution is -1.96. The number of aryl methyl sites for hydroxylation is 2. The first-order chi connectivity index (χ1) is 7.77. The van der Waals surface area contributed by atoms with E-state index in [2.05, 4.69) is 32.0 Å². The molecule has 1 aliphatic carbocycles. The maximum absolute atomic E-state index is 8.82. The summed E-state index contributed by atoms with van der Waals surface area (Å²) in [6, 6.07) is 6.62. The van der Waals surface area contributed by atoms with Crippen LogP contribution < -0.4 is 0 Å². The van der Waals surface area contributed by atoms with Gasteiger partial charge in [-0.3, -0.25) is 0 Å². The molecular weight excluding hydrogens is 194 g/mol. The number of nitriles is 1. The van der Waals surface area contributed by atoms with Gasteiger partial charge in [0.15, 0.2) is 0 Å². The zero-order valence-corrected chi connectivity index (χ0v) is 10.0. The van der Waals surface area contributed by atoms with Crippen LogP contribution in [-0.2, 0) is 12.8 Å². The monoisotopic (exact) mass is 211 g/mol. The van der Waals surface area contributed by atoms with Crippen molar-refractivity contribution in [1.82, 2.24) is 0 Å². The molecule has 0 N–H and O–H groups in total. The van der Waals surface area contributed by atoms with Crippen molar-refractivity contribution in [3.63, 3.8) is 0 Å². The van der Waals surface area contributed by atoms with Crippen LogP contribution in [0.5, 0.6) is 0 Å². The van der Waals surface area contributed by atoms with Crippen LogP contribution in [0.25, 0.3) is 5.57 Å². The van der Waals surface area contributed by atoms with E-state index in [0.29, 0.717) is 0 Å². The van der Waals surface area contributed by atoms with Crippen molar-refractivity contribution in [2.75, 3.05) is 0 Å². The van der Waals surface area contributed by atoms with Gasteiger partial charge in [-0.25, -0.2) is 0 Å². The molecule has 0 spiro atoms. The highest BCUT2D eigenvalue weighted by Gasteiger charge is 2.20. The van der Waals surface area contributed by atoms with E-state index in [1.165, 1.54) is 27.8 Å². The third kappa shape index (κ3) is 1.76. The molecule has 0 aliphatic heterocycles. The van der Waals surface area contributed by atoms with E-state index < -0.39 is 0 Å². The van der Waals surface area contributed by atoms with Crippen LogP contribution in [0.3, 0.4) is 0 Å². The highest BCUT2D eigenvalue weighted by molar-refractivity contribution is 5.77. The Morgan fingerprint density at radius 2 is 2.19 bits per heavy atom. The predicted molar refractivity (Wildman–Crippen MR) is 67.1 cm³/mol. The third-order valence-corrected chi connectivity index (χ3v) is 3.36. The van der Waals surface area contributed by atoms with Gasteiger partial charge < -0.3 is 0 Å². The van der Waals surface area contributed by atoms with Gasteiger partial charge in [0.25, 0.3) is 0 Å². The number of allylic oxidation sites excluding steroid dienone is 2. The summed E-state index contributed by atoms with van der Waals surface area (Å²) in [7, 11) is 0. The van der Waals surface area contributed by atoms with Gasteiger partial charge in [-0.1, -0.05) is 25.5 Å². The predicted octanol–water partition coefficient (Wildman–Crippen LogP) is 3.80. The Balaban J connectivity index is 2.58. The summed E-state index contributed by atoms with van der Waals surface area (Å²) in [4.78, 5) is 0. The smallest absolute Gasteiger partial charge is 0.0915 e. The summed E-state index contributed by atoms with van der Waals surface area (Å²) in [5, 5.41) is 8.82. The van der Waals surface area contributed by atoms with Crippen molar-refractivity contribution < 1.29 is 0 Å². The first-order valence-corrected chi connectivity index (χ1v) is 5.98. The van der Waals surface area contributed by atoms with Gasteiger partial charge in [-0.05, 0) is 54.0 Å². The molecule has 0 fully saturated rings. The first-order valence-electron chi connectivity index (χ1n) is 5.98. The Hall–Kier alpha value is -1.55. The van der Waals surface area contributed by atoms with E-state index in [1.54, 1.807) is 6.08 Å². The number of rotatable bonds is 2. The van der Waals surface area contributed by atoms with Crippen molar-refractivity contribution in [3.05, 3.63) is 40.5 Å². The minimum absolute atomic E-state index is 1.03. The molecule has 0 saturated heterocycles. The number of nitrogens with zero attached hydrogens (tertiary/aromatic N) is 1. The lowest BCUT2D eigenvalue weighted by atomic mass is 9.93. The van der Waals surface area contributed by atoms with Crippen LogP contribution in [0, 0.1) is 18.3 Å². The molecule has 1 aromatic carbocycles. The average Bonchev–Trinajstić information content (AvgIpc) is 2.67. The van der Waals surface area contributed by atoms with Crippen molar-refractivity contribution in [2.24, 2.45) is 0 Å². The summed E-state index contributed by atoms with van der Waals surface area (Å²) in [6.07, 6.45) is 6.14. The second kappa shape index (κ2) is 4.53. The van der Waals surface area contributed by atoms with Crippen LogP contribution in [0.4, 0.5) is 0 Å². The second-order valence-corrected chi connectivity index (χ2v) is 4.44. The van der Waals surface area contributed by atoms with Gasteiger partial charge in [-0.2, -0.15) is 5.26 Å². The van der Waals surface area contributed by atoms with E-state index >= 15 is 0 Å². The molecule has 1 aromatic rings. The fraction of sp³-hybridized carbons (Fsp3) is 0.400. The minimum atomic E-state index is 1.03. The fourth-order valence-corrected chi connectivity index (χ4v) is 2.60. The van der Waals surface area contributed by atoms with E-state index in [1.807, 2.05) is 0 Å². The summed E-state index contributed by atoms with van der Waals surface area (Å²) in [5.41, 5.74) is 6.87. The molecule has 0 bridgehead atoms. The van der Waals surface area contributed by atoms with Crippen molar-refractivity contribution >= 4 is 5.57 Å². The molecule has 0 amide bonds. The summed E-state index contributed by atoms with van der Waals surface area (Å²) in [6.45, 7) is 4.38. The second-order valence-electron chi connectivity index (χ2n) is 4.44. The Morgan fingerprint density at radius 1 is 1.38 bits per heavy atom. The molecule has 0 aromatic heterocycles. The van der Waals surface area contributed by atoms with Crippen molar-refractivity contribution in [1.29, 1.82) is 5.26 Å². The van der Waals surface area contributed by atoms with Crippen LogP contribution in [0.2, 0.25) is 0 Å². The molecule has 1 heteroatoms. The van der Waals surface area contributed by atoms with Gasteiger partial charge in [0.2, 0.25) is 0 Å². The third-order valence-electron chi connectivity index (χ3n) is 3.36. The highest BCUT2D eigenvalue weighted by atomic mass is 14.3. The molecule has 1 aliphatic rings. The molecule has 0 radical (unpaired) electrons. The SMILES string of the molecule is CCCc1c(C)ccc2c1C(=CC#N)CC2. The maximum Gasteiger partial charge on any atom is 0.0915 e. The summed E-state index contributed by atoms with van der Waals surface area (Å²) < 4.78 is 0. The van der Waals surface area contributed by atoms with Crippen LogP contribution in [0.15, 0.2) is 18.2 Å². The quantitative estimate of drug-likeness (QED) is 0.682. The van der Waals surface area contributed by atoms with E-state index in [0.717, 1.165) is 25.7 Å². The van der Waals surface area contributed by atoms with E-state index in [-0.39, 0.29) is 0 Å². The number of benzene rings is 1. The van der Waals surface area contributed by atoms with E-state index in [9.17, 15) is 0 Å². The lowest BCUT2D eigenvalue weighted by Gasteiger charge is -2.12. The van der Waals surface area contributed by atoms with Gasteiger partial charge in [-0.15, -0.1) is 0 Å². The fourth-order valence-electron chi connectivity index (χ4n) is 2.60. The standard InChI is InChI=1S/C15H17N/c1-3-4-14-11(2)5-6-12-7-8-13(9-10-16)15(12)14/h5-6,9H,3-4,7-8H2,1-2H3. The van der Waals surface area contributed by atoms with Crippen LogP contribution in [0.1, 0.15) is 42.0 Å². The molecule has 0 atom stereocenters. The number of hydrogen-bond acceptors (Lipinski definition) is 1. The molecule has 0 heterocycles. The van der Waals surface area contributed by atoms with Crippen LogP contribution >= 0.6 is 0 Å². The lowest BCUT2D eigenvalue weighted by molar-refractivity contribution is 0.908. The van der Waals surface area contributed by atoms with Gasteiger partial charge in [0.1, 0.15) is 0 Å². The normalized spacial score (nSPS) is 16.2. The van der Waals surface area contributed by atoms with E-state index in [4.69, 9.17) is 5.26 Å². The highest BCUT2D eigenvalue weighted by Crippen LogP contribution is 2.36. The summed E-state index contributed by atoms with van der Waals surface area (Å²) in [5.74, 6) is 0.